The van der Waals surface area contributed by atoms with E-state index in [2.05, 4.69) is 16.8 Å². The molecule has 1 unspecified atom stereocenters. The summed E-state index contributed by atoms with van der Waals surface area (Å²) in [5.74, 6) is 0. The molecule has 0 aliphatic heterocycles. The van der Waals surface area contributed by atoms with Crippen LogP contribution in [0.15, 0.2) is 36.0 Å². The highest BCUT2D eigenvalue weighted by Crippen LogP contribution is 2.29. The molecule has 2 aromatic rings. The van der Waals surface area contributed by atoms with E-state index in [0.29, 0.717) is 6.54 Å². The molecular weight excluding hydrogens is 278 g/mol. The van der Waals surface area contributed by atoms with Crippen molar-refractivity contribution in [1.29, 1.82) is 0 Å². The van der Waals surface area contributed by atoms with Crippen LogP contribution in [0, 0.1) is 0 Å². The minimum Gasteiger partial charge on any atom is -0.329 e. The standard InChI is InChI=1S/C14H18ClN3S/c1-2-18(9-11-3-5-17-6-4-11)13(8-16)14-7-12(15)10-19-14/h3-7,10,13H,2,8-9,16H2,1H3. The zero-order chi connectivity index (χ0) is 13.7. The molecule has 0 fully saturated rings. The van der Waals surface area contributed by atoms with Gasteiger partial charge in [-0.15, -0.1) is 11.3 Å². The van der Waals surface area contributed by atoms with E-state index in [1.54, 1.807) is 11.3 Å². The lowest BCUT2D eigenvalue weighted by Crippen LogP contribution is -2.32. The smallest absolute Gasteiger partial charge is 0.0567 e. The van der Waals surface area contributed by atoms with Gasteiger partial charge in [0, 0.05) is 35.7 Å². The number of likely N-dealkylation sites (N-methyl/N-ethyl adjacent to an activating group) is 1. The summed E-state index contributed by atoms with van der Waals surface area (Å²) in [6, 6.07) is 6.31. The Labute approximate surface area is 123 Å². The third kappa shape index (κ3) is 3.76. The molecule has 3 nitrogen and oxygen atoms in total. The first-order valence-corrected chi connectivity index (χ1v) is 7.57. The van der Waals surface area contributed by atoms with Gasteiger partial charge in [0.05, 0.1) is 11.1 Å². The summed E-state index contributed by atoms with van der Waals surface area (Å²) < 4.78 is 0. The molecule has 0 spiro atoms. The van der Waals surface area contributed by atoms with Crippen LogP contribution in [0.3, 0.4) is 0 Å². The van der Waals surface area contributed by atoms with E-state index in [0.717, 1.165) is 18.1 Å². The molecule has 2 aromatic heterocycles. The van der Waals surface area contributed by atoms with Crippen LogP contribution in [-0.4, -0.2) is 23.0 Å². The van der Waals surface area contributed by atoms with Gasteiger partial charge in [-0.2, -0.15) is 0 Å². The second-order valence-electron chi connectivity index (χ2n) is 4.34. The van der Waals surface area contributed by atoms with Crippen molar-refractivity contribution in [3.8, 4) is 0 Å². The fourth-order valence-corrected chi connectivity index (χ4v) is 3.34. The fourth-order valence-electron chi connectivity index (χ4n) is 2.11. The Hall–Kier alpha value is -0.940. The number of hydrogen-bond donors (Lipinski definition) is 1. The predicted molar refractivity (Wildman–Crippen MR) is 81.4 cm³/mol. The van der Waals surface area contributed by atoms with Crippen LogP contribution in [0.1, 0.15) is 23.4 Å². The average Bonchev–Trinajstić information content (AvgIpc) is 2.86. The number of hydrogen-bond acceptors (Lipinski definition) is 4. The highest BCUT2D eigenvalue weighted by atomic mass is 35.5. The molecule has 0 aliphatic carbocycles. The Morgan fingerprint density at radius 1 is 1.42 bits per heavy atom. The third-order valence-corrected chi connectivity index (χ3v) is 4.50. The van der Waals surface area contributed by atoms with Gasteiger partial charge in [0.15, 0.2) is 0 Å². The van der Waals surface area contributed by atoms with Crippen LogP contribution in [0.4, 0.5) is 0 Å². The molecule has 2 N–H and O–H groups in total. The first-order chi connectivity index (χ1) is 9.24. The quantitative estimate of drug-likeness (QED) is 0.889. The first-order valence-electron chi connectivity index (χ1n) is 6.31. The number of nitrogens with zero attached hydrogens (tertiary/aromatic N) is 2. The van der Waals surface area contributed by atoms with Gasteiger partial charge in [0.25, 0.3) is 0 Å². The SMILES string of the molecule is CCN(Cc1ccncc1)C(CN)c1cc(Cl)cs1. The van der Waals surface area contributed by atoms with Crippen LogP contribution < -0.4 is 5.73 Å². The average molecular weight is 296 g/mol. The topological polar surface area (TPSA) is 42.2 Å². The summed E-state index contributed by atoms with van der Waals surface area (Å²) in [6.07, 6.45) is 3.64. The maximum Gasteiger partial charge on any atom is 0.0567 e. The summed E-state index contributed by atoms with van der Waals surface area (Å²) in [5.41, 5.74) is 7.20. The monoisotopic (exact) mass is 295 g/mol. The molecule has 0 saturated carbocycles. The van der Waals surface area contributed by atoms with Gasteiger partial charge in [-0.3, -0.25) is 9.88 Å². The minimum absolute atomic E-state index is 0.218. The van der Waals surface area contributed by atoms with Crippen molar-refractivity contribution in [1.82, 2.24) is 9.88 Å². The predicted octanol–water partition coefficient (Wildman–Crippen LogP) is 3.32. The van der Waals surface area contributed by atoms with Crippen molar-refractivity contribution in [3.05, 3.63) is 51.4 Å². The van der Waals surface area contributed by atoms with Gasteiger partial charge in [0.1, 0.15) is 0 Å². The number of nitrogens with two attached hydrogens (primary N) is 1. The van der Waals surface area contributed by atoms with E-state index in [1.807, 2.05) is 36.0 Å². The molecule has 2 rings (SSSR count). The van der Waals surface area contributed by atoms with E-state index >= 15 is 0 Å². The molecule has 0 bridgehead atoms. The van der Waals surface area contributed by atoms with Gasteiger partial charge in [-0.1, -0.05) is 18.5 Å². The van der Waals surface area contributed by atoms with E-state index in [9.17, 15) is 0 Å². The normalized spacial score (nSPS) is 12.8. The molecule has 0 aromatic carbocycles. The molecule has 0 radical (unpaired) electrons. The van der Waals surface area contributed by atoms with Crippen LogP contribution in [0.25, 0.3) is 0 Å². The van der Waals surface area contributed by atoms with Crippen molar-refractivity contribution < 1.29 is 0 Å². The van der Waals surface area contributed by atoms with E-state index in [1.165, 1.54) is 10.4 Å². The second-order valence-corrected chi connectivity index (χ2v) is 5.72. The van der Waals surface area contributed by atoms with Gasteiger partial charge in [-0.05, 0) is 30.3 Å². The molecule has 2 heterocycles. The Morgan fingerprint density at radius 3 is 2.68 bits per heavy atom. The summed E-state index contributed by atoms with van der Waals surface area (Å²) in [4.78, 5) is 7.63. The lowest BCUT2D eigenvalue weighted by atomic mass is 10.1. The Bertz CT molecular complexity index is 500. The van der Waals surface area contributed by atoms with Gasteiger partial charge in [-0.25, -0.2) is 0 Å². The molecule has 0 saturated heterocycles. The third-order valence-electron chi connectivity index (χ3n) is 3.12. The number of aromatic nitrogens is 1. The van der Waals surface area contributed by atoms with Gasteiger partial charge >= 0.3 is 0 Å². The summed E-state index contributed by atoms with van der Waals surface area (Å²) >= 11 is 7.68. The number of rotatable bonds is 6. The summed E-state index contributed by atoms with van der Waals surface area (Å²) in [5, 5.41) is 2.75. The number of thiophene rings is 1. The van der Waals surface area contributed by atoms with Crippen molar-refractivity contribution in [2.75, 3.05) is 13.1 Å². The van der Waals surface area contributed by atoms with E-state index < -0.39 is 0 Å². The van der Waals surface area contributed by atoms with Crippen molar-refractivity contribution >= 4 is 22.9 Å². The molecule has 1 atom stereocenters. The lowest BCUT2D eigenvalue weighted by molar-refractivity contribution is 0.206. The Morgan fingerprint density at radius 2 is 2.16 bits per heavy atom. The largest absolute Gasteiger partial charge is 0.329 e. The van der Waals surface area contributed by atoms with Crippen LogP contribution >= 0.6 is 22.9 Å². The zero-order valence-corrected chi connectivity index (χ0v) is 12.5. The van der Waals surface area contributed by atoms with Gasteiger partial charge in [0.2, 0.25) is 0 Å². The maximum absolute atomic E-state index is 6.01. The van der Waals surface area contributed by atoms with Gasteiger partial charge < -0.3 is 5.73 Å². The maximum atomic E-state index is 6.01. The zero-order valence-electron chi connectivity index (χ0n) is 10.9. The first kappa shape index (κ1) is 14.5. The van der Waals surface area contributed by atoms with Crippen LogP contribution in [0.2, 0.25) is 5.02 Å². The van der Waals surface area contributed by atoms with Crippen molar-refractivity contribution in [2.24, 2.45) is 5.73 Å². The van der Waals surface area contributed by atoms with Crippen LogP contribution in [-0.2, 0) is 6.54 Å². The highest BCUT2D eigenvalue weighted by Gasteiger charge is 2.19. The van der Waals surface area contributed by atoms with Crippen molar-refractivity contribution in [3.63, 3.8) is 0 Å². The number of pyridine rings is 1. The molecule has 102 valence electrons. The molecule has 0 amide bonds. The fraction of sp³-hybridized carbons (Fsp3) is 0.357. The van der Waals surface area contributed by atoms with E-state index in [-0.39, 0.29) is 6.04 Å². The molecule has 5 heteroatoms. The summed E-state index contributed by atoms with van der Waals surface area (Å²) in [6.45, 7) is 4.56. The van der Waals surface area contributed by atoms with Crippen molar-refractivity contribution in [2.45, 2.75) is 19.5 Å². The molecule has 19 heavy (non-hydrogen) atoms. The molecular formula is C14H18ClN3S. The highest BCUT2D eigenvalue weighted by molar-refractivity contribution is 7.10. The van der Waals surface area contributed by atoms with E-state index in [4.69, 9.17) is 17.3 Å². The Balaban J connectivity index is 2.15. The minimum atomic E-state index is 0.218. The lowest BCUT2D eigenvalue weighted by Gasteiger charge is -2.29. The number of halogens is 1. The molecule has 0 aliphatic rings. The second kappa shape index (κ2) is 7.01. The summed E-state index contributed by atoms with van der Waals surface area (Å²) in [7, 11) is 0. The van der Waals surface area contributed by atoms with Crippen LogP contribution in [0.5, 0.6) is 0 Å². The Kier molecular flexibility index (Phi) is 5.34.